The zero-order chi connectivity index (χ0) is 10.3. The van der Waals surface area contributed by atoms with Gasteiger partial charge in [0, 0.05) is 9.77 Å². The van der Waals surface area contributed by atoms with Gasteiger partial charge >= 0.3 is 5.97 Å². The normalized spacial score (nSPS) is 10.7. The summed E-state index contributed by atoms with van der Waals surface area (Å²) in [4.78, 5) is 14.8. The third-order valence-electron chi connectivity index (χ3n) is 2.03. The van der Waals surface area contributed by atoms with Crippen molar-refractivity contribution >= 4 is 34.2 Å². The van der Waals surface area contributed by atoms with Crippen LogP contribution < -0.4 is 0 Å². The van der Waals surface area contributed by atoms with Crippen LogP contribution in [-0.2, 0) is 0 Å². The molecule has 0 unspecified atom stereocenters. The Kier molecular flexibility index (Phi) is 2.18. The molecule has 0 radical (unpaired) electrons. The predicted molar refractivity (Wildman–Crippen MR) is 59.6 cm³/mol. The van der Waals surface area contributed by atoms with Gasteiger partial charge < -0.3 is 9.51 Å². The van der Waals surface area contributed by atoms with Gasteiger partial charge in [-0.25, -0.2) is 9.78 Å². The molecule has 72 valence electrons. The summed E-state index contributed by atoms with van der Waals surface area (Å²) < 4.78 is 2.81. The summed E-state index contributed by atoms with van der Waals surface area (Å²) in [5, 5.41) is 8.86. The van der Waals surface area contributed by atoms with Gasteiger partial charge in [0.1, 0.15) is 5.65 Å². The second kappa shape index (κ2) is 3.23. The molecule has 5 heteroatoms. The number of aromatic carboxylic acids is 1. The van der Waals surface area contributed by atoms with Gasteiger partial charge in [-0.1, -0.05) is 0 Å². The maximum Gasteiger partial charge on any atom is 0.356 e. The fourth-order valence-corrected chi connectivity index (χ4v) is 1.78. The van der Waals surface area contributed by atoms with Crippen molar-refractivity contribution in [1.82, 2.24) is 9.38 Å². The summed E-state index contributed by atoms with van der Waals surface area (Å²) in [5.41, 5.74) is 1.45. The molecule has 0 saturated carbocycles. The second-order valence-electron chi connectivity index (χ2n) is 2.92. The van der Waals surface area contributed by atoms with Crippen LogP contribution in [-0.4, -0.2) is 20.5 Å². The Morgan fingerprint density at radius 1 is 1.64 bits per heavy atom. The number of nitrogens with zero attached hydrogens (tertiary/aromatic N) is 2. The van der Waals surface area contributed by atoms with Gasteiger partial charge in [-0.15, -0.1) is 0 Å². The number of imidazole rings is 1. The molecular weight excluding hydrogens is 295 g/mol. The molecule has 0 aliphatic carbocycles. The average molecular weight is 302 g/mol. The average Bonchev–Trinajstić information content (AvgIpc) is 2.43. The summed E-state index contributed by atoms with van der Waals surface area (Å²) >= 11 is 2.17. The zero-order valence-electron chi connectivity index (χ0n) is 7.36. The number of fused-ring (bicyclic) bond motifs is 1. The van der Waals surface area contributed by atoms with Crippen molar-refractivity contribution in [3.63, 3.8) is 0 Å². The van der Waals surface area contributed by atoms with Gasteiger partial charge in [0.15, 0.2) is 5.69 Å². The maximum atomic E-state index is 10.8. The van der Waals surface area contributed by atoms with E-state index in [1.165, 1.54) is 0 Å². The van der Waals surface area contributed by atoms with Crippen LogP contribution in [0.5, 0.6) is 0 Å². The Balaban J connectivity index is 2.79. The molecule has 14 heavy (non-hydrogen) atoms. The molecule has 0 spiro atoms. The highest BCUT2D eigenvalue weighted by Gasteiger charge is 2.13. The summed E-state index contributed by atoms with van der Waals surface area (Å²) in [6.45, 7) is 1.75. The van der Waals surface area contributed by atoms with Crippen LogP contribution in [0, 0.1) is 10.5 Å². The van der Waals surface area contributed by atoms with E-state index in [1.807, 2.05) is 18.3 Å². The van der Waals surface area contributed by atoms with Gasteiger partial charge in [-0.2, -0.15) is 0 Å². The lowest BCUT2D eigenvalue weighted by molar-refractivity contribution is 0.0690. The molecule has 0 atom stereocenters. The number of rotatable bonds is 1. The first-order valence-electron chi connectivity index (χ1n) is 3.97. The Morgan fingerprint density at radius 2 is 2.36 bits per heavy atom. The van der Waals surface area contributed by atoms with Crippen LogP contribution in [0.2, 0.25) is 0 Å². The molecule has 0 amide bonds. The van der Waals surface area contributed by atoms with Crippen molar-refractivity contribution in [2.75, 3.05) is 0 Å². The molecule has 0 aromatic carbocycles. The Bertz CT molecular complexity index is 519. The SMILES string of the molecule is Cc1c(C(=O)O)nc2cc(I)ccn12. The van der Waals surface area contributed by atoms with Crippen molar-refractivity contribution in [3.05, 3.63) is 33.3 Å². The minimum atomic E-state index is -0.985. The fraction of sp³-hybridized carbons (Fsp3) is 0.111. The predicted octanol–water partition coefficient (Wildman–Crippen LogP) is 1.95. The van der Waals surface area contributed by atoms with E-state index in [0.29, 0.717) is 11.3 Å². The van der Waals surface area contributed by atoms with Crippen LogP contribution in [0.1, 0.15) is 16.2 Å². The van der Waals surface area contributed by atoms with E-state index in [4.69, 9.17) is 5.11 Å². The summed E-state index contributed by atoms with van der Waals surface area (Å²) in [6, 6.07) is 3.76. The zero-order valence-corrected chi connectivity index (χ0v) is 9.52. The second-order valence-corrected chi connectivity index (χ2v) is 4.17. The molecule has 2 heterocycles. The molecule has 4 nitrogen and oxygen atoms in total. The number of carbonyl (C=O) groups is 1. The smallest absolute Gasteiger partial charge is 0.356 e. The summed E-state index contributed by atoms with van der Waals surface area (Å²) in [6.07, 6.45) is 1.83. The van der Waals surface area contributed by atoms with Crippen molar-refractivity contribution in [3.8, 4) is 0 Å². The molecule has 0 aliphatic heterocycles. The largest absolute Gasteiger partial charge is 0.476 e. The Hall–Kier alpha value is -1.11. The molecule has 0 saturated heterocycles. The number of hydrogen-bond donors (Lipinski definition) is 1. The van der Waals surface area contributed by atoms with E-state index in [9.17, 15) is 4.79 Å². The molecule has 0 aliphatic rings. The highest BCUT2D eigenvalue weighted by atomic mass is 127. The van der Waals surface area contributed by atoms with Crippen molar-refractivity contribution in [2.45, 2.75) is 6.92 Å². The minimum Gasteiger partial charge on any atom is -0.476 e. The van der Waals surface area contributed by atoms with Crippen molar-refractivity contribution in [2.24, 2.45) is 0 Å². The molecular formula is C9H7IN2O2. The van der Waals surface area contributed by atoms with Crippen molar-refractivity contribution < 1.29 is 9.90 Å². The van der Waals surface area contributed by atoms with E-state index in [0.717, 1.165) is 3.57 Å². The van der Waals surface area contributed by atoms with E-state index >= 15 is 0 Å². The standard InChI is InChI=1S/C9H7IN2O2/c1-5-8(9(13)14)11-7-4-6(10)2-3-12(5)7/h2-4H,1H3,(H,13,14). The van der Waals surface area contributed by atoms with Crippen LogP contribution >= 0.6 is 22.6 Å². The molecule has 0 bridgehead atoms. The number of aromatic nitrogens is 2. The first-order chi connectivity index (χ1) is 6.59. The lowest BCUT2D eigenvalue weighted by Gasteiger charge is -1.95. The summed E-state index contributed by atoms with van der Waals surface area (Å²) in [7, 11) is 0. The van der Waals surface area contributed by atoms with E-state index in [2.05, 4.69) is 27.6 Å². The topological polar surface area (TPSA) is 54.6 Å². The van der Waals surface area contributed by atoms with Crippen LogP contribution in [0.4, 0.5) is 0 Å². The highest BCUT2D eigenvalue weighted by molar-refractivity contribution is 14.1. The Labute approximate surface area is 93.7 Å². The quantitative estimate of drug-likeness (QED) is 0.819. The molecule has 2 rings (SSSR count). The monoisotopic (exact) mass is 302 g/mol. The van der Waals surface area contributed by atoms with Crippen molar-refractivity contribution in [1.29, 1.82) is 0 Å². The van der Waals surface area contributed by atoms with Gasteiger partial charge in [0.2, 0.25) is 0 Å². The maximum absolute atomic E-state index is 10.8. The molecule has 1 N–H and O–H groups in total. The fourth-order valence-electron chi connectivity index (χ4n) is 1.34. The van der Waals surface area contributed by atoms with Gasteiger partial charge in [-0.05, 0) is 41.6 Å². The number of carboxylic acid groups (broad SMARTS) is 1. The minimum absolute atomic E-state index is 0.118. The lowest BCUT2D eigenvalue weighted by Crippen LogP contribution is -1.99. The number of hydrogen-bond acceptors (Lipinski definition) is 2. The number of halogens is 1. The van der Waals surface area contributed by atoms with Crippen LogP contribution in [0.3, 0.4) is 0 Å². The van der Waals surface area contributed by atoms with Crippen LogP contribution in [0.15, 0.2) is 18.3 Å². The molecule has 2 aromatic heterocycles. The number of aryl methyl sites for hydroxylation is 1. The first kappa shape index (κ1) is 9.45. The lowest BCUT2D eigenvalue weighted by atomic mass is 10.3. The van der Waals surface area contributed by atoms with Gasteiger partial charge in [0.25, 0.3) is 0 Å². The molecule has 0 fully saturated rings. The van der Waals surface area contributed by atoms with E-state index in [1.54, 1.807) is 11.3 Å². The summed E-state index contributed by atoms with van der Waals surface area (Å²) in [5.74, 6) is -0.985. The third-order valence-corrected chi connectivity index (χ3v) is 2.70. The first-order valence-corrected chi connectivity index (χ1v) is 5.05. The number of carboxylic acids is 1. The molecule has 2 aromatic rings. The van der Waals surface area contributed by atoms with Crippen LogP contribution in [0.25, 0.3) is 5.65 Å². The van der Waals surface area contributed by atoms with Gasteiger partial charge in [-0.3, -0.25) is 0 Å². The van der Waals surface area contributed by atoms with E-state index < -0.39 is 5.97 Å². The Morgan fingerprint density at radius 3 is 3.00 bits per heavy atom. The third kappa shape index (κ3) is 1.37. The van der Waals surface area contributed by atoms with Gasteiger partial charge in [0.05, 0.1) is 5.69 Å². The number of pyridine rings is 1. The van der Waals surface area contributed by atoms with E-state index in [-0.39, 0.29) is 5.69 Å². The highest BCUT2D eigenvalue weighted by Crippen LogP contribution is 2.14.